The number of hydrogen-bond donors (Lipinski definition) is 1. The number of benzene rings is 2. The molecule has 1 N–H and O–H groups in total. The van der Waals surface area contributed by atoms with E-state index in [1.807, 2.05) is 63.2 Å². The summed E-state index contributed by atoms with van der Waals surface area (Å²) in [6.07, 6.45) is 7.47. The number of carbonyl (C=O) groups is 1. The monoisotopic (exact) mass is 541 g/mol. The van der Waals surface area contributed by atoms with Gasteiger partial charge < -0.3 is 19.5 Å². The molecule has 5 rings (SSSR count). The highest BCUT2D eigenvalue weighted by Crippen LogP contribution is 2.39. The van der Waals surface area contributed by atoms with Crippen LogP contribution in [-0.2, 0) is 11.2 Å². The summed E-state index contributed by atoms with van der Waals surface area (Å²) in [5.41, 5.74) is 1.82. The van der Waals surface area contributed by atoms with Gasteiger partial charge in [0.05, 0.1) is 12.4 Å². The van der Waals surface area contributed by atoms with E-state index in [2.05, 4.69) is 39.6 Å². The normalized spacial score (nSPS) is 15.0. The van der Waals surface area contributed by atoms with Crippen LogP contribution in [0.5, 0.6) is 17.2 Å². The molecule has 208 valence electrons. The van der Waals surface area contributed by atoms with Gasteiger partial charge in [0.15, 0.2) is 5.82 Å². The van der Waals surface area contributed by atoms with Gasteiger partial charge in [-0.3, -0.25) is 0 Å². The van der Waals surface area contributed by atoms with Crippen LogP contribution in [0.3, 0.4) is 0 Å². The number of hydrogen-bond acceptors (Lipinski definition) is 7. The second kappa shape index (κ2) is 11.4. The largest absolute Gasteiger partial charge is 0.457 e. The van der Waals surface area contributed by atoms with Crippen LogP contribution in [0.15, 0.2) is 79.3 Å². The van der Waals surface area contributed by atoms with E-state index in [-0.39, 0.29) is 11.5 Å². The topological polar surface area (TPSA) is 100 Å². The van der Waals surface area contributed by atoms with E-state index < -0.39 is 11.9 Å². The smallest absolute Gasteiger partial charge is 0.410 e. The number of pyridine rings is 1. The molecule has 1 aliphatic rings. The molecule has 1 fully saturated rings. The van der Waals surface area contributed by atoms with Crippen LogP contribution in [0.2, 0.25) is 0 Å². The first kappa shape index (κ1) is 27.2. The molecule has 4 aromatic rings. The predicted molar refractivity (Wildman–Crippen MR) is 151 cm³/mol. The number of alkyl carbamates (subject to hydrolysis) is 1. The highest BCUT2D eigenvalue weighted by atomic mass is 16.7. The van der Waals surface area contributed by atoms with Crippen LogP contribution in [0, 0.1) is 0 Å². The number of ether oxygens (including phenoxy) is 3. The second-order valence-electron chi connectivity index (χ2n) is 11.2. The lowest BCUT2D eigenvalue weighted by Gasteiger charge is -2.41. The third kappa shape index (κ3) is 6.77. The number of para-hydroxylation sites is 1. The molecule has 0 saturated heterocycles. The van der Waals surface area contributed by atoms with E-state index in [1.54, 1.807) is 24.7 Å². The molecule has 2 aromatic heterocycles. The van der Waals surface area contributed by atoms with E-state index in [4.69, 9.17) is 14.2 Å². The van der Waals surface area contributed by atoms with Gasteiger partial charge >= 0.3 is 6.09 Å². The first-order chi connectivity index (χ1) is 19.2. The average molecular weight is 542 g/mol. The Balaban J connectivity index is 1.27. The molecule has 0 aliphatic heterocycles. The van der Waals surface area contributed by atoms with E-state index in [1.165, 1.54) is 4.80 Å². The zero-order chi connectivity index (χ0) is 28.2. The van der Waals surface area contributed by atoms with Crippen LogP contribution < -0.4 is 14.8 Å². The van der Waals surface area contributed by atoms with Gasteiger partial charge in [-0.2, -0.15) is 10.2 Å². The number of carbonyl (C=O) groups excluding carboxylic acids is 1. The van der Waals surface area contributed by atoms with Crippen LogP contribution in [-0.4, -0.2) is 37.4 Å². The minimum absolute atomic E-state index is 0.178. The number of nitrogens with one attached hydrogen (secondary N) is 1. The molecule has 1 unspecified atom stereocenters. The molecule has 0 radical (unpaired) electrons. The predicted octanol–water partition coefficient (Wildman–Crippen LogP) is 6.58. The van der Waals surface area contributed by atoms with Crippen molar-refractivity contribution in [1.29, 1.82) is 0 Å². The Morgan fingerprint density at radius 2 is 1.77 bits per heavy atom. The summed E-state index contributed by atoms with van der Waals surface area (Å²) in [5.74, 6) is 1.95. The molecular formula is C31H35N5O4. The molecular weight excluding hydrogens is 506 g/mol. The quantitative estimate of drug-likeness (QED) is 0.239. The van der Waals surface area contributed by atoms with Crippen molar-refractivity contribution in [2.75, 3.05) is 0 Å². The molecule has 0 bridgehead atoms. The number of amides is 1. The molecule has 40 heavy (non-hydrogen) atoms. The summed E-state index contributed by atoms with van der Waals surface area (Å²) >= 11 is 0. The van der Waals surface area contributed by atoms with Gasteiger partial charge in [-0.15, -0.1) is 4.80 Å². The SMILES string of the molecule is CC(Cc1ccccc1Oc1ccnc(-n2nccn2)c1)c1cccc(OC2(OC(=O)NC(C)(C)C)CCC2)c1. The summed E-state index contributed by atoms with van der Waals surface area (Å²) in [5, 5.41) is 11.1. The van der Waals surface area contributed by atoms with Gasteiger partial charge in [0, 0.05) is 30.6 Å². The van der Waals surface area contributed by atoms with Crippen LogP contribution in [0.25, 0.3) is 5.82 Å². The Hall–Kier alpha value is -4.40. The third-order valence-electron chi connectivity index (χ3n) is 6.67. The maximum absolute atomic E-state index is 12.4. The lowest BCUT2D eigenvalue weighted by molar-refractivity contribution is -0.190. The van der Waals surface area contributed by atoms with Crippen LogP contribution >= 0.6 is 0 Å². The van der Waals surface area contributed by atoms with Gasteiger partial charge in [-0.25, -0.2) is 9.78 Å². The highest BCUT2D eigenvalue weighted by molar-refractivity contribution is 5.68. The van der Waals surface area contributed by atoms with Crippen molar-refractivity contribution in [2.45, 2.75) is 70.6 Å². The van der Waals surface area contributed by atoms with Gasteiger partial charge in [0.2, 0.25) is 0 Å². The Morgan fingerprint density at radius 1 is 1.00 bits per heavy atom. The van der Waals surface area contributed by atoms with E-state index in [9.17, 15) is 4.79 Å². The summed E-state index contributed by atoms with van der Waals surface area (Å²) < 4.78 is 18.3. The first-order valence-electron chi connectivity index (χ1n) is 13.6. The van der Waals surface area contributed by atoms with Crippen molar-refractivity contribution in [3.05, 3.63) is 90.4 Å². The Morgan fingerprint density at radius 3 is 2.50 bits per heavy atom. The highest BCUT2D eigenvalue weighted by Gasteiger charge is 2.44. The number of rotatable bonds is 9. The molecule has 2 heterocycles. The number of aromatic nitrogens is 4. The molecule has 0 spiro atoms. The fourth-order valence-electron chi connectivity index (χ4n) is 4.54. The van der Waals surface area contributed by atoms with Crippen molar-refractivity contribution in [3.8, 4) is 23.1 Å². The minimum Gasteiger partial charge on any atom is -0.457 e. The molecule has 1 saturated carbocycles. The lowest BCUT2D eigenvalue weighted by Crippen LogP contribution is -2.52. The maximum Gasteiger partial charge on any atom is 0.410 e. The second-order valence-corrected chi connectivity index (χ2v) is 11.2. The van der Waals surface area contributed by atoms with E-state index in [0.29, 0.717) is 30.2 Å². The fraction of sp³-hybridized carbons (Fsp3) is 0.355. The Labute approximate surface area is 234 Å². The molecule has 2 aromatic carbocycles. The van der Waals surface area contributed by atoms with Crippen molar-refractivity contribution in [1.82, 2.24) is 25.3 Å². The molecule has 1 atom stereocenters. The van der Waals surface area contributed by atoms with E-state index in [0.717, 1.165) is 29.7 Å². The molecule has 1 aliphatic carbocycles. The van der Waals surface area contributed by atoms with Crippen molar-refractivity contribution < 1.29 is 19.0 Å². The summed E-state index contributed by atoms with van der Waals surface area (Å²) in [4.78, 5) is 18.2. The molecule has 9 nitrogen and oxygen atoms in total. The summed E-state index contributed by atoms with van der Waals surface area (Å²) in [6.45, 7) is 7.94. The van der Waals surface area contributed by atoms with Gasteiger partial charge in [-0.05, 0) is 74.9 Å². The minimum atomic E-state index is -0.924. The van der Waals surface area contributed by atoms with Gasteiger partial charge in [-0.1, -0.05) is 37.3 Å². The first-order valence-corrected chi connectivity index (χ1v) is 13.6. The Bertz CT molecular complexity index is 1440. The Kier molecular flexibility index (Phi) is 7.73. The van der Waals surface area contributed by atoms with Crippen molar-refractivity contribution in [2.24, 2.45) is 0 Å². The number of nitrogens with zero attached hydrogens (tertiary/aromatic N) is 4. The average Bonchev–Trinajstić information content (AvgIpc) is 3.43. The van der Waals surface area contributed by atoms with Crippen molar-refractivity contribution in [3.63, 3.8) is 0 Å². The van der Waals surface area contributed by atoms with Crippen molar-refractivity contribution >= 4 is 6.09 Å². The van der Waals surface area contributed by atoms with E-state index >= 15 is 0 Å². The standard InChI is InChI=1S/C31H35N5O4/c1-22(23-10-7-11-26(20-23)39-31(14-8-15-31)40-29(37)35-30(2,3)4)19-24-9-5-6-12-27(24)38-25-13-16-32-28(21-25)36-33-17-18-34-36/h5-7,9-13,16-18,20-22H,8,14-15,19H2,1-4H3,(H,35,37). The maximum atomic E-state index is 12.4. The van der Waals surface area contributed by atoms with Gasteiger partial charge in [0.1, 0.15) is 17.2 Å². The van der Waals surface area contributed by atoms with Gasteiger partial charge in [0.25, 0.3) is 5.79 Å². The molecule has 1 amide bonds. The van der Waals surface area contributed by atoms with Crippen LogP contribution in [0.1, 0.15) is 64.0 Å². The lowest BCUT2D eigenvalue weighted by atomic mass is 9.90. The zero-order valence-corrected chi connectivity index (χ0v) is 23.3. The van der Waals surface area contributed by atoms with Crippen LogP contribution in [0.4, 0.5) is 4.79 Å². The zero-order valence-electron chi connectivity index (χ0n) is 23.3. The third-order valence-corrected chi connectivity index (χ3v) is 6.67. The summed E-state index contributed by atoms with van der Waals surface area (Å²) in [6, 6.07) is 19.7. The summed E-state index contributed by atoms with van der Waals surface area (Å²) in [7, 11) is 0. The fourth-order valence-corrected chi connectivity index (χ4v) is 4.54. The molecule has 9 heteroatoms.